The van der Waals surface area contributed by atoms with Crippen LogP contribution < -0.4 is 4.74 Å². The van der Waals surface area contributed by atoms with Gasteiger partial charge in [-0.25, -0.2) is 8.42 Å². The monoisotopic (exact) mass is 514 g/mol. The first-order chi connectivity index (χ1) is 16.9. The first-order valence-corrected chi connectivity index (χ1v) is 14.5. The lowest BCUT2D eigenvalue weighted by molar-refractivity contribution is -0.129. The van der Waals surface area contributed by atoms with Gasteiger partial charge in [0.2, 0.25) is 5.91 Å². The molecule has 0 spiro atoms. The van der Waals surface area contributed by atoms with E-state index in [9.17, 15) is 13.2 Å². The Morgan fingerprint density at radius 1 is 1.11 bits per heavy atom. The van der Waals surface area contributed by atoms with Crippen LogP contribution in [0.3, 0.4) is 0 Å². The molecule has 1 unspecified atom stereocenters. The Balaban J connectivity index is 1.56. The molecule has 0 radical (unpaired) electrons. The van der Waals surface area contributed by atoms with Gasteiger partial charge in [-0.3, -0.25) is 9.36 Å². The maximum Gasteiger partial charge on any atom is 0.233 e. The zero-order chi connectivity index (χ0) is 24.8. The van der Waals surface area contributed by atoms with Crippen molar-refractivity contribution >= 4 is 27.5 Å². The molecule has 1 aliphatic rings. The summed E-state index contributed by atoms with van der Waals surface area (Å²) < 4.78 is 31.4. The van der Waals surface area contributed by atoms with Gasteiger partial charge in [-0.05, 0) is 50.1 Å². The summed E-state index contributed by atoms with van der Waals surface area (Å²) >= 11 is 1.32. The van der Waals surface area contributed by atoms with Gasteiger partial charge < -0.3 is 9.64 Å². The zero-order valence-electron chi connectivity index (χ0n) is 20.0. The van der Waals surface area contributed by atoms with Gasteiger partial charge in [0.15, 0.2) is 15.0 Å². The Bertz CT molecular complexity index is 1240. The molecule has 2 aromatic carbocycles. The number of hydrogen-bond donors (Lipinski definition) is 0. The molecule has 2 heterocycles. The molecule has 35 heavy (non-hydrogen) atoms. The molecule has 8 nitrogen and oxygen atoms in total. The number of carbonyl (C=O) groups excluding carboxylic acids is 1. The molecule has 0 N–H and O–H groups in total. The molecule has 0 bridgehead atoms. The molecular weight excluding hydrogens is 484 g/mol. The highest BCUT2D eigenvalue weighted by atomic mass is 32.2. The Kier molecular flexibility index (Phi) is 8.12. The molecule has 1 aliphatic heterocycles. The summed E-state index contributed by atoms with van der Waals surface area (Å²) in [5, 5.41) is 9.46. The van der Waals surface area contributed by atoms with Crippen LogP contribution in [0.1, 0.15) is 31.7 Å². The van der Waals surface area contributed by atoms with E-state index in [1.54, 1.807) is 4.90 Å². The van der Waals surface area contributed by atoms with Crippen molar-refractivity contribution in [3.63, 3.8) is 0 Å². The summed E-state index contributed by atoms with van der Waals surface area (Å²) in [4.78, 5) is 14.7. The highest BCUT2D eigenvalue weighted by Gasteiger charge is 2.34. The molecule has 1 fully saturated rings. The summed E-state index contributed by atoms with van der Waals surface area (Å²) in [6.45, 7) is 4.89. The van der Waals surface area contributed by atoms with Gasteiger partial charge in [-0.2, -0.15) is 0 Å². The fourth-order valence-corrected chi connectivity index (χ4v) is 6.86. The number of rotatable bonds is 10. The van der Waals surface area contributed by atoms with Crippen LogP contribution >= 0.6 is 11.8 Å². The number of sulfone groups is 1. The molecule has 1 saturated heterocycles. The van der Waals surface area contributed by atoms with Crippen LogP contribution in [-0.2, 0) is 21.1 Å². The van der Waals surface area contributed by atoms with E-state index >= 15 is 0 Å². The standard InChI is InChI=1S/C25H30N4O4S2/c1-3-28(21-14-15-35(31,32)18-21)24(30)17-34-25-27-26-23(16-19-8-6-5-7-9-19)29(25)20-10-12-22(13-11-20)33-4-2/h5-13,21H,3-4,14-18H2,1-2H3. The average Bonchev–Trinajstić information content (AvgIpc) is 3.42. The van der Waals surface area contributed by atoms with Gasteiger partial charge in [-0.15, -0.1) is 10.2 Å². The Morgan fingerprint density at radius 2 is 1.86 bits per heavy atom. The lowest BCUT2D eigenvalue weighted by Gasteiger charge is -2.26. The number of carbonyl (C=O) groups is 1. The Morgan fingerprint density at radius 3 is 2.49 bits per heavy atom. The molecule has 186 valence electrons. The van der Waals surface area contributed by atoms with E-state index in [1.165, 1.54) is 11.8 Å². The van der Waals surface area contributed by atoms with Crippen molar-refractivity contribution < 1.29 is 17.9 Å². The number of ether oxygens (including phenoxy) is 1. The van der Waals surface area contributed by atoms with E-state index in [1.807, 2.05) is 73.0 Å². The van der Waals surface area contributed by atoms with Crippen molar-refractivity contribution in [2.45, 2.75) is 37.9 Å². The molecule has 3 aromatic rings. The summed E-state index contributed by atoms with van der Waals surface area (Å²) in [6, 6.07) is 17.5. The van der Waals surface area contributed by atoms with Crippen LogP contribution in [0.5, 0.6) is 5.75 Å². The summed E-state index contributed by atoms with van der Waals surface area (Å²) in [6.07, 6.45) is 1.09. The van der Waals surface area contributed by atoms with E-state index in [4.69, 9.17) is 4.74 Å². The maximum absolute atomic E-state index is 13.0. The van der Waals surface area contributed by atoms with E-state index in [0.29, 0.717) is 31.1 Å². The fourth-order valence-electron chi connectivity index (χ4n) is 4.27. The second kappa shape index (κ2) is 11.3. The average molecular weight is 515 g/mol. The topological polar surface area (TPSA) is 94.4 Å². The van der Waals surface area contributed by atoms with Crippen LogP contribution in [-0.4, -0.2) is 70.4 Å². The van der Waals surface area contributed by atoms with Crippen molar-refractivity contribution in [3.05, 3.63) is 66.0 Å². The smallest absolute Gasteiger partial charge is 0.233 e. The number of hydrogen-bond acceptors (Lipinski definition) is 7. The molecule has 1 aromatic heterocycles. The Labute approximate surface area is 210 Å². The number of benzene rings is 2. The predicted molar refractivity (Wildman–Crippen MR) is 137 cm³/mol. The van der Waals surface area contributed by atoms with Crippen LogP contribution in [0, 0.1) is 0 Å². The van der Waals surface area contributed by atoms with Crippen molar-refractivity contribution in [3.8, 4) is 11.4 Å². The second-order valence-corrected chi connectivity index (χ2v) is 11.5. The van der Waals surface area contributed by atoms with E-state index in [2.05, 4.69) is 10.2 Å². The summed E-state index contributed by atoms with van der Waals surface area (Å²) in [7, 11) is -3.07. The summed E-state index contributed by atoms with van der Waals surface area (Å²) in [5.41, 5.74) is 1.99. The summed E-state index contributed by atoms with van der Waals surface area (Å²) in [5.74, 6) is 1.80. The van der Waals surface area contributed by atoms with Crippen LogP contribution in [0.2, 0.25) is 0 Å². The maximum atomic E-state index is 13.0. The largest absolute Gasteiger partial charge is 0.494 e. The van der Waals surface area contributed by atoms with E-state index < -0.39 is 9.84 Å². The molecule has 0 aliphatic carbocycles. The number of thioether (sulfide) groups is 1. The van der Waals surface area contributed by atoms with Gasteiger partial charge in [0.25, 0.3) is 0 Å². The van der Waals surface area contributed by atoms with Gasteiger partial charge in [0.05, 0.1) is 23.9 Å². The molecule has 1 atom stereocenters. The number of amides is 1. The molecule has 4 rings (SSSR count). The molecule has 10 heteroatoms. The first kappa shape index (κ1) is 25.2. The van der Waals surface area contributed by atoms with E-state index in [-0.39, 0.29) is 29.2 Å². The molecule has 1 amide bonds. The third kappa shape index (κ3) is 6.24. The van der Waals surface area contributed by atoms with Gasteiger partial charge in [0.1, 0.15) is 11.6 Å². The quantitative estimate of drug-likeness (QED) is 0.383. The van der Waals surface area contributed by atoms with Crippen molar-refractivity contribution in [2.24, 2.45) is 0 Å². The second-order valence-electron chi connectivity index (χ2n) is 8.35. The Hall–Kier alpha value is -2.85. The van der Waals surface area contributed by atoms with Gasteiger partial charge in [0, 0.05) is 24.7 Å². The van der Waals surface area contributed by atoms with Crippen molar-refractivity contribution in [1.29, 1.82) is 0 Å². The predicted octanol–water partition coefficient (Wildman–Crippen LogP) is 3.38. The minimum absolute atomic E-state index is 0.0425. The first-order valence-electron chi connectivity index (χ1n) is 11.7. The normalized spacial score (nSPS) is 16.8. The van der Waals surface area contributed by atoms with E-state index in [0.717, 1.165) is 22.8 Å². The van der Waals surface area contributed by atoms with Crippen LogP contribution in [0.4, 0.5) is 0 Å². The van der Waals surface area contributed by atoms with Crippen molar-refractivity contribution in [1.82, 2.24) is 19.7 Å². The minimum Gasteiger partial charge on any atom is -0.494 e. The lowest BCUT2D eigenvalue weighted by atomic mass is 10.1. The van der Waals surface area contributed by atoms with Gasteiger partial charge in [-0.1, -0.05) is 42.1 Å². The zero-order valence-corrected chi connectivity index (χ0v) is 21.6. The number of nitrogens with zero attached hydrogens (tertiary/aromatic N) is 4. The third-order valence-corrected chi connectivity index (χ3v) is 8.61. The SMILES string of the molecule is CCOc1ccc(-n2c(Cc3ccccc3)nnc2SCC(=O)N(CC)C2CCS(=O)(=O)C2)cc1. The minimum atomic E-state index is -3.07. The lowest BCUT2D eigenvalue weighted by Crippen LogP contribution is -2.42. The fraction of sp³-hybridized carbons (Fsp3) is 0.400. The van der Waals surface area contributed by atoms with Crippen LogP contribution in [0.15, 0.2) is 59.8 Å². The highest BCUT2D eigenvalue weighted by molar-refractivity contribution is 7.99. The molecule has 0 saturated carbocycles. The molecular formula is C25H30N4O4S2. The van der Waals surface area contributed by atoms with Crippen molar-refractivity contribution in [2.75, 3.05) is 30.4 Å². The third-order valence-electron chi connectivity index (χ3n) is 5.95. The highest BCUT2D eigenvalue weighted by Crippen LogP contribution is 2.26. The van der Waals surface area contributed by atoms with Crippen LogP contribution in [0.25, 0.3) is 5.69 Å². The van der Waals surface area contributed by atoms with Gasteiger partial charge >= 0.3 is 0 Å². The number of aromatic nitrogens is 3.